The van der Waals surface area contributed by atoms with Gasteiger partial charge in [0.1, 0.15) is 22.9 Å². The van der Waals surface area contributed by atoms with Crippen molar-refractivity contribution in [3.05, 3.63) is 71.8 Å². The number of hydrogen-bond donors (Lipinski definition) is 0. The fourth-order valence-corrected chi connectivity index (χ4v) is 6.77. The summed E-state index contributed by atoms with van der Waals surface area (Å²) in [5.74, 6) is 3.41. The standard InChI is InChI=1S/C28H33O3S/c1-20(2)21-11-13-22(14-12-21)28(3,4)31-27(29)19-30-25-15-16-26(32-17-7-8-18-32)24-10-6-5-9-23(24)25/h5-6,9-16,20H,7-8,17-19H2,1-4H3/q+1. The van der Waals surface area contributed by atoms with Gasteiger partial charge >= 0.3 is 5.97 Å². The monoisotopic (exact) mass is 449 g/mol. The smallest absolute Gasteiger partial charge is 0.345 e. The molecule has 1 heterocycles. The molecule has 3 nitrogen and oxygen atoms in total. The summed E-state index contributed by atoms with van der Waals surface area (Å²) in [6.45, 7) is 8.07. The van der Waals surface area contributed by atoms with Gasteiger partial charge in [-0.3, -0.25) is 0 Å². The number of ether oxygens (including phenoxy) is 2. The molecule has 0 bridgehead atoms. The highest BCUT2D eigenvalue weighted by molar-refractivity contribution is 7.97. The van der Waals surface area contributed by atoms with Crippen LogP contribution in [0.2, 0.25) is 0 Å². The van der Waals surface area contributed by atoms with E-state index in [0.29, 0.717) is 16.8 Å². The Balaban J connectivity index is 1.45. The molecule has 32 heavy (non-hydrogen) atoms. The number of rotatable bonds is 7. The Bertz CT molecular complexity index is 1080. The van der Waals surface area contributed by atoms with Gasteiger partial charge in [0.25, 0.3) is 0 Å². The van der Waals surface area contributed by atoms with E-state index in [-0.39, 0.29) is 12.6 Å². The Labute approximate surface area is 194 Å². The van der Waals surface area contributed by atoms with E-state index in [9.17, 15) is 4.79 Å². The van der Waals surface area contributed by atoms with Gasteiger partial charge in [-0.05, 0) is 61.9 Å². The average Bonchev–Trinajstić information content (AvgIpc) is 3.32. The van der Waals surface area contributed by atoms with Crippen LogP contribution in [0.25, 0.3) is 10.8 Å². The Morgan fingerprint density at radius 2 is 1.59 bits per heavy atom. The summed E-state index contributed by atoms with van der Waals surface area (Å²) in [7, 11) is 0.327. The first-order valence-corrected chi connectivity index (χ1v) is 13.1. The maximum absolute atomic E-state index is 12.6. The highest BCUT2D eigenvalue weighted by Gasteiger charge is 2.29. The lowest BCUT2D eigenvalue weighted by atomic mass is 9.94. The third-order valence-electron chi connectivity index (χ3n) is 6.17. The van der Waals surface area contributed by atoms with Crippen molar-refractivity contribution < 1.29 is 14.3 Å². The van der Waals surface area contributed by atoms with E-state index in [2.05, 4.69) is 50.2 Å². The van der Waals surface area contributed by atoms with Crippen LogP contribution in [-0.2, 0) is 26.0 Å². The van der Waals surface area contributed by atoms with Gasteiger partial charge in [0, 0.05) is 21.7 Å². The van der Waals surface area contributed by atoms with Gasteiger partial charge < -0.3 is 9.47 Å². The molecular formula is C28H33O3S+. The van der Waals surface area contributed by atoms with Crippen molar-refractivity contribution in [2.24, 2.45) is 0 Å². The van der Waals surface area contributed by atoms with E-state index >= 15 is 0 Å². The van der Waals surface area contributed by atoms with E-state index in [1.807, 2.05) is 38.1 Å². The lowest BCUT2D eigenvalue weighted by Gasteiger charge is -2.26. The van der Waals surface area contributed by atoms with Crippen molar-refractivity contribution in [2.45, 2.75) is 57.0 Å². The van der Waals surface area contributed by atoms with E-state index in [1.54, 1.807) is 0 Å². The zero-order valence-corrected chi connectivity index (χ0v) is 20.3. The number of benzene rings is 3. The first-order valence-electron chi connectivity index (χ1n) is 11.5. The minimum atomic E-state index is -0.717. The first kappa shape index (κ1) is 22.7. The quantitative estimate of drug-likeness (QED) is 0.301. The molecule has 1 aliphatic heterocycles. The van der Waals surface area contributed by atoms with Crippen LogP contribution in [0.15, 0.2) is 65.6 Å². The number of carbonyl (C=O) groups is 1. The van der Waals surface area contributed by atoms with Gasteiger partial charge in [-0.15, -0.1) is 0 Å². The molecule has 4 rings (SSSR count). The maximum atomic E-state index is 12.6. The first-order chi connectivity index (χ1) is 15.3. The summed E-state index contributed by atoms with van der Waals surface area (Å²) in [4.78, 5) is 14.1. The average molecular weight is 450 g/mol. The summed E-state index contributed by atoms with van der Waals surface area (Å²) >= 11 is 0. The summed E-state index contributed by atoms with van der Waals surface area (Å²) in [5, 5.41) is 2.31. The maximum Gasteiger partial charge on any atom is 0.345 e. The molecule has 168 valence electrons. The molecule has 0 atom stereocenters. The van der Waals surface area contributed by atoms with Gasteiger partial charge in [0.05, 0.1) is 0 Å². The zero-order chi connectivity index (χ0) is 22.7. The normalized spacial score (nSPS) is 14.8. The van der Waals surface area contributed by atoms with Crippen molar-refractivity contribution >= 4 is 27.6 Å². The summed E-state index contributed by atoms with van der Waals surface area (Å²) < 4.78 is 11.8. The number of fused-ring (bicyclic) bond motifs is 1. The van der Waals surface area contributed by atoms with Crippen molar-refractivity contribution in [3.63, 3.8) is 0 Å². The summed E-state index contributed by atoms with van der Waals surface area (Å²) in [5.41, 5.74) is 1.53. The summed E-state index contributed by atoms with van der Waals surface area (Å²) in [6.07, 6.45) is 2.63. The number of carbonyl (C=O) groups excluding carboxylic acids is 1. The largest absolute Gasteiger partial charge is 0.481 e. The van der Waals surface area contributed by atoms with E-state index in [4.69, 9.17) is 9.47 Å². The minimum Gasteiger partial charge on any atom is -0.481 e. The second kappa shape index (κ2) is 9.58. The second-order valence-corrected chi connectivity index (χ2v) is 11.5. The molecule has 0 N–H and O–H groups in total. The second-order valence-electron chi connectivity index (χ2n) is 9.27. The van der Waals surface area contributed by atoms with E-state index in [0.717, 1.165) is 16.7 Å². The Hall–Kier alpha value is -2.46. The lowest BCUT2D eigenvalue weighted by molar-refractivity contribution is -0.159. The Kier molecular flexibility index (Phi) is 6.80. The predicted octanol–water partition coefficient (Wildman–Crippen LogP) is 6.59. The molecule has 0 unspecified atom stereocenters. The molecule has 0 radical (unpaired) electrons. The SMILES string of the molecule is CC(C)c1ccc(C(C)(C)OC(=O)COc2ccc([S+]3CCCC3)c3ccccc23)cc1. The molecule has 0 aromatic heterocycles. The molecule has 3 aromatic rings. The molecule has 4 heteroatoms. The molecule has 0 spiro atoms. The molecular weight excluding hydrogens is 416 g/mol. The summed E-state index contributed by atoms with van der Waals surface area (Å²) in [6, 6.07) is 20.9. The molecule has 1 fully saturated rings. The van der Waals surface area contributed by atoms with Crippen molar-refractivity contribution in [1.82, 2.24) is 0 Å². The van der Waals surface area contributed by atoms with Crippen LogP contribution in [0.3, 0.4) is 0 Å². The minimum absolute atomic E-state index is 0.109. The molecule has 1 saturated heterocycles. The van der Waals surface area contributed by atoms with Gasteiger partial charge in [0.15, 0.2) is 11.5 Å². The predicted molar refractivity (Wildman–Crippen MR) is 134 cm³/mol. The lowest BCUT2D eigenvalue weighted by Crippen LogP contribution is -2.28. The third-order valence-corrected chi connectivity index (χ3v) is 8.71. The van der Waals surface area contributed by atoms with E-state index in [1.165, 1.54) is 40.2 Å². The van der Waals surface area contributed by atoms with Gasteiger partial charge in [-0.25, -0.2) is 4.79 Å². The molecule has 0 aliphatic carbocycles. The van der Waals surface area contributed by atoms with Crippen LogP contribution >= 0.6 is 0 Å². The topological polar surface area (TPSA) is 35.5 Å². The van der Waals surface area contributed by atoms with Crippen molar-refractivity contribution in [3.8, 4) is 5.75 Å². The van der Waals surface area contributed by atoms with E-state index < -0.39 is 5.60 Å². The van der Waals surface area contributed by atoms with Crippen LogP contribution < -0.4 is 4.74 Å². The molecule has 0 amide bonds. The number of esters is 1. The van der Waals surface area contributed by atoms with Gasteiger partial charge in [-0.2, -0.15) is 0 Å². The molecule has 3 aromatic carbocycles. The van der Waals surface area contributed by atoms with Crippen LogP contribution in [-0.4, -0.2) is 24.1 Å². The zero-order valence-electron chi connectivity index (χ0n) is 19.5. The highest BCUT2D eigenvalue weighted by Crippen LogP contribution is 2.35. The van der Waals surface area contributed by atoms with Crippen LogP contribution in [0.5, 0.6) is 5.75 Å². The Morgan fingerprint density at radius 3 is 2.25 bits per heavy atom. The van der Waals surface area contributed by atoms with Gasteiger partial charge in [-0.1, -0.05) is 56.3 Å². The van der Waals surface area contributed by atoms with Crippen LogP contribution in [0.4, 0.5) is 0 Å². The fraction of sp³-hybridized carbons (Fsp3) is 0.393. The van der Waals surface area contributed by atoms with Gasteiger partial charge in [0.2, 0.25) is 0 Å². The van der Waals surface area contributed by atoms with Crippen LogP contribution in [0, 0.1) is 0 Å². The molecule has 1 aliphatic rings. The highest BCUT2D eigenvalue weighted by atomic mass is 32.2. The van der Waals surface area contributed by atoms with Crippen molar-refractivity contribution in [1.29, 1.82) is 0 Å². The van der Waals surface area contributed by atoms with Crippen molar-refractivity contribution in [2.75, 3.05) is 18.1 Å². The van der Waals surface area contributed by atoms with Crippen LogP contribution in [0.1, 0.15) is 57.6 Å². The Morgan fingerprint density at radius 1 is 0.938 bits per heavy atom. The number of hydrogen-bond acceptors (Lipinski definition) is 3. The molecule has 0 saturated carbocycles. The fourth-order valence-electron chi connectivity index (χ4n) is 4.27. The third kappa shape index (κ3) is 4.96.